The molecule has 8 heavy (non-hydrogen) atoms. The van der Waals surface area contributed by atoms with Crippen LogP contribution >= 0.6 is 0 Å². The molecule has 0 radical (unpaired) electrons. The number of nitrogens with zero attached hydrogens (tertiary/aromatic N) is 2. The summed E-state index contributed by atoms with van der Waals surface area (Å²) in [6, 6.07) is 0. The van der Waals surface area contributed by atoms with E-state index in [-0.39, 0.29) is 4.70 Å². The first-order chi connectivity index (χ1) is 3.43. The number of rotatable bonds is 1. The Balaban J connectivity index is 0.000000490. The van der Waals surface area contributed by atoms with Crippen LogP contribution in [0.1, 0.15) is 6.92 Å². The monoisotopic (exact) mass is 114 g/mol. The van der Waals surface area contributed by atoms with Crippen LogP contribution in [0.5, 0.6) is 0 Å². The third-order valence-electron chi connectivity index (χ3n) is 0.848. The van der Waals surface area contributed by atoms with Crippen molar-refractivity contribution >= 4 is 6.34 Å². The minimum Gasteiger partial charge on any atom is -1.00 e. The van der Waals surface area contributed by atoms with Gasteiger partial charge < -0.3 is 4.70 Å². The van der Waals surface area contributed by atoms with E-state index in [4.69, 9.17) is 0 Å². The Bertz CT molecular complexity index is 97.0. The normalized spacial score (nSPS) is 13.4. The third-order valence-corrected chi connectivity index (χ3v) is 0.848. The van der Waals surface area contributed by atoms with Gasteiger partial charge in [-0.25, -0.2) is 0 Å². The molecular weight excluding hydrogens is 107 g/mol. The first-order valence-electron chi connectivity index (χ1n) is 2.32. The zero-order valence-electron chi connectivity index (χ0n) is 4.63. The molecule has 0 unspecified atom stereocenters. The van der Waals surface area contributed by atoms with E-state index in [1.807, 2.05) is 11.1 Å². The molecule has 0 aliphatic carbocycles. The summed E-state index contributed by atoms with van der Waals surface area (Å²) in [7, 11) is 0. The van der Waals surface area contributed by atoms with Crippen LogP contribution in [0.3, 0.4) is 0 Å². The summed E-state index contributed by atoms with van der Waals surface area (Å²) in [5.41, 5.74) is 0. The molecule has 1 heterocycles. The van der Waals surface area contributed by atoms with Crippen molar-refractivity contribution in [2.45, 2.75) is 6.92 Å². The van der Waals surface area contributed by atoms with Gasteiger partial charge in [-0.05, 0) is 11.9 Å². The van der Waals surface area contributed by atoms with E-state index in [1.165, 1.54) is 0 Å². The van der Waals surface area contributed by atoms with Crippen molar-refractivity contribution in [1.29, 1.82) is 0 Å². The van der Waals surface area contributed by atoms with Crippen molar-refractivity contribution in [2.75, 3.05) is 6.54 Å². The van der Waals surface area contributed by atoms with Gasteiger partial charge in [0.1, 0.15) is 0 Å². The van der Waals surface area contributed by atoms with E-state index in [9.17, 15) is 0 Å². The molecule has 0 aromatic heterocycles. The Morgan fingerprint density at radius 1 is 1.75 bits per heavy atom. The summed E-state index contributed by atoms with van der Waals surface area (Å²) in [6.45, 7) is 3.01. The first-order valence-corrected chi connectivity index (χ1v) is 2.32. The molecule has 0 bridgehead atoms. The Morgan fingerprint density at radius 2 is 2.50 bits per heavy atom. The van der Waals surface area contributed by atoms with Crippen molar-refractivity contribution in [2.24, 2.45) is 4.99 Å². The molecule has 0 aromatic carbocycles. The second kappa shape index (κ2) is 3.10. The number of hydrogen-bond acceptors (Lipinski definition) is 2. The summed E-state index contributed by atoms with van der Waals surface area (Å²) in [5.74, 6) is 0. The van der Waals surface area contributed by atoms with Crippen LogP contribution in [0, 0.1) is 0 Å². The molecule has 0 amide bonds. The molecule has 0 fully saturated rings. The van der Waals surface area contributed by atoms with Crippen molar-refractivity contribution in [1.82, 2.24) is 4.90 Å². The zero-order valence-corrected chi connectivity index (χ0v) is 4.63. The maximum atomic E-state index is 3.73. The van der Waals surface area contributed by atoms with Crippen molar-refractivity contribution in [3.63, 3.8) is 0 Å². The first kappa shape index (κ1) is 7.05. The minimum atomic E-state index is 0. The highest BCUT2D eigenvalue weighted by Gasteiger charge is 2.04. The maximum Gasteiger partial charge on any atom is 0.255 e. The molecule has 0 aromatic rings. The highest BCUT2D eigenvalue weighted by Crippen LogP contribution is 1.91. The van der Waals surface area contributed by atoms with Gasteiger partial charge >= 0.3 is 0 Å². The molecule has 1 aliphatic rings. The van der Waals surface area contributed by atoms with E-state index in [2.05, 4.69) is 18.3 Å². The molecule has 0 atom stereocenters. The van der Waals surface area contributed by atoms with Gasteiger partial charge in [0.2, 0.25) is 6.20 Å². The quantitative estimate of drug-likeness (QED) is 0.350. The predicted molar refractivity (Wildman–Crippen MR) is 29.0 cm³/mol. The topological polar surface area (TPSA) is 15.6 Å². The van der Waals surface area contributed by atoms with Gasteiger partial charge in [0.15, 0.2) is 6.20 Å². The molecule has 3 heteroatoms. The lowest BCUT2D eigenvalue weighted by molar-refractivity contribution is -0.00000154. The highest BCUT2D eigenvalue weighted by atomic mass is 19.0. The van der Waals surface area contributed by atoms with Crippen LogP contribution in [-0.2, 0) is 0 Å². The van der Waals surface area contributed by atoms with E-state index in [0.717, 1.165) is 6.54 Å². The standard InChI is InChI=1S/C5H7N2.FH/c1-2-7-4-3-6-5-7;/h3-4H,2H2,1H3;1H/q+1;/p-1. The number of aliphatic imine (C=N–C) groups is 1. The molecule has 1 aliphatic heterocycles. The average molecular weight is 114 g/mol. The summed E-state index contributed by atoms with van der Waals surface area (Å²) in [5, 5.41) is 0. The molecule has 2 nitrogen and oxygen atoms in total. The minimum absolute atomic E-state index is 0. The largest absolute Gasteiger partial charge is 1.00 e. The van der Waals surface area contributed by atoms with Crippen LogP contribution in [-0.4, -0.2) is 17.8 Å². The number of halogens is 1. The second-order valence-corrected chi connectivity index (χ2v) is 1.31. The van der Waals surface area contributed by atoms with Crippen molar-refractivity contribution in [3.05, 3.63) is 12.4 Å². The van der Waals surface area contributed by atoms with E-state index >= 15 is 0 Å². The fraction of sp³-hybridized carbons (Fsp3) is 0.400. The van der Waals surface area contributed by atoms with Crippen LogP contribution in [0.15, 0.2) is 17.4 Å². The molecular formula is C5H7FN2. The molecule has 1 rings (SSSR count). The number of hydrogen-bond donors (Lipinski definition) is 0. The third kappa shape index (κ3) is 1.28. The van der Waals surface area contributed by atoms with Crippen LogP contribution < -0.4 is 4.70 Å². The van der Waals surface area contributed by atoms with Crippen molar-refractivity contribution in [3.8, 4) is 0 Å². The summed E-state index contributed by atoms with van der Waals surface area (Å²) < 4.78 is 0. The lowest BCUT2D eigenvalue weighted by Gasteiger charge is -1.90. The van der Waals surface area contributed by atoms with Gasteiger partial charge in [-0.15, -0.1) is 0 Å². The van der Waals surface area contributed by atoms with Crippen LogP contribution in [0.25, 0.3) is 0 Å². The van der Waals surface area contributed by atoms with Gasteiger partial charge in [0, 0.05) is 0 Å². The lowest BCUT2D eigenvalue weighted by atomic mass is 10.7. The van der Waals surface area contributed by atoms with Gasteiger partial charge in [0.25, 0.3) is 6.34 Å². The fourth-order valence-electron chi connectivity index (χ4n) is 0.431. The van der Waals surface area contributed by atoms with Crippen molar-refractivity contribution < 1.29 is 4.70 Å². The molecule has 0 N–H and O–H groups in total. The summed E-state index contributed by atoms with van der Waals surface area (Å²) in [6.07, 6.45) is 6.37. The lowest BCUT2D eigenvalue weighted by Crippen LogP contribution is -3.00. The van der Waals surface area contributed by atoms with Gasteiger partial charge in [-0.3, -0.25) is 0 Å². The summed E-state index contributed by atoms with van der Waals surface area (Å²) >= 11 is 0. The smallest absolute Gasteiger partial charge is 0.255 e. The van der Waals surface area contributed by atoms with Gasteiger partial charge in [-0.1, -0.05) is 0 Å². The Kier molecular flexibility index (Phi) is 2.74. The Morgan fingerprint density at radius 3 is 2.75 bits per heavy atom. The Hall–Kier alpha value is -0.950. The molecule has 0 saturated carbocycles. The van der Waals surface area contributed by atoms with E-state index < -0.39 is 0 Å². The predicted octanol–water partition coefficient (Wildman–Crippen LogP) is -2.30. The second-order valence-electron chi connectivity index (χ2n) is 1.31. The summed E-state index contributed by atoms with van der Waals surface area (Å²) in [4.78, 5) is 5.62. The average Bonchev–Trinajstić information content (AvgIpc) is 2.14. The Labute approximate surface area is 47.9 Å². The van der Waals surface area contributed by atoms with E-state index in [0.29, 0.717) is 0 Å². The van der Waals surface area contributed by atoms with Crippen LogP contribution in [0.4, 0.5) is 0 Å². The molecule has 0 saturated heterocycles. The fourth-order valence-corrected chi connectivity index (χ4v) is 0.431. The maximum absolute atomic E-state index is 3.73. The van der Waals surface area contributed by atoms with E-state index in [1.54, 1.807) is 6.20 Å². The SMILES string of the molecule is CCN1[C+]=NC=C1.[F-]. The van der Waals surface area contributed by atoms with Crippen LogP contribution in [0.2, 0.25) is 0 Å². The van der Waals surface area contributed by atoms with Gasteiger partial charge in [-0.2, -0.15) is 4.90 Å². The van der Waals surface area contributed by atoms with Gasteiger partial charge in [0.05, 0.1) is 6.54 Å². The molecule has 0 spiro atoms. The highest BCUT2D eigenvalue weighted by molar-refractivity contribution is 5.59. The molecule has 44 valence electrons. The zero-order chi connectivity index (χ0) is 5.11.